The number of rotatable bonds is 1. The molecule has 1 amide bonds. The van der Waals surface area contributed by atoms with Gasteiger partial charge in [-0.05, 0) is 56.0 Å². The van der Waals surface area contributed by atoms with Crippen molar-refractivity contribution in [1.82, 2.24) is 4.90 Å². The van der Waals surface area contributed by atoms with Gasteiger partial charge in [-0.3, -0.25) is 0 Å². The van der Waals surface area contributed by atoms with E-state index in [-0.39, 0.29) is 18.2 Å². The predicted octanol–water partition coefficient (Wildman–Crippen LogP) is 4.59. The molecule has 4 nitrogen and oxygen atoms in total. The summed E-state index contributed by atoms with van der Waals surface area (Å²) < 4.78 is 5.59. The third-order valence-electron chi connectivity index (χ3n) is 5.66. The highest BCUT2D eigenvalue weighted by atomic mass is 16.6. The number of nitrogens with zero attached hydrogens (tertiary/aromatic N) is 1. The van der Waals surface area contributed by atoms with Gasteiger partial charge in [0.2, 0.25) is 0 Å². The Bertz CT molecular complexity index is 825. The van der Waals surface area contributed by atoms with E-state index in [0.717, 1.165) is 23.8 Å². The Morgan fingerprint density at radius 3 is 2.31 bits per heavy atom. The van der Waals surface area contributed by atoms with Crippen LogP contribution in [0.4, 0.5) is 4.79 Å². The number of piperidine rings is 1. The summed E-state index contributed by atoms with van der Waals surface area (Å²) in [6, 6.07) is 14.5. The van der Waals surface area contributed by atoms with Gasteiger partial charge in [-0.25, -0.2) is 4.79 Å². The van der Waals surface area contributed by atoms with Crippen LogP contribution in [0.1, 0.15) is 52.0 Å². The van der Waals surface area contributed by atoms with E-state index in [4.69, 9.17) is 4.74 Å². The molecule has 2 aromatic rings. The lowest BCUT2D eigenvalue weighted by molar-refractivity contribution is -0.0623. The summed E-state index contributed by atoms with van der Waals surface area (Å²) in [5.41, 5.74) is -0.422. The maximum atomic E-state index is 12.6. The molecule has 1 unspecified atom stereocenters. The second kappa shape index (κ2) is 5.98. The van der Waals surface area contributed by atoms with Crippen molar-refractivity contribution in [3.05, 3.63) is 48.0 Å². The van der Waals surface area contributed by atoms with Crippen molar-refractivity contribution in [3.63, 3.8) is 0 Å². The molecule has 2 saturated heterocycles. The molecule has 3 atom stereocenters. The van der Waals surface area contributed by atoms with Gasteiger partial charge < -0.3 is 14.7 Å². The summed E-state index contributed by atoms with van der Waals surface area (Å²) in [5.74, 6) is 0. The fraction of sp³-hybridized carbons (Fsp3) is 0.500. The Hall–Kier alpha value is -2.07. The Balaban J connectivity index is 1.59. The van der Waals surface area contributed by atoms with Crippen LogP contribution in [-0.4, -0.2) is 33.8 Å². The average Bonchev–Trinajstić information content (AvgIpc) is 2.85. The van der Waals surface area contributed by atoms with Crippen LogP contribution in [0.2, 0.25) is 0 Å². The third kappa shape index (κ3) is 3.07. The van der Waals surface area contributed by atoms with Gasteiger partial charge >= 0.3 is 6.09 Å². The maximum absolute atomic E-state index is 12.6. The Morgan fingerprint density at radius 1 is 1.08 bits per heavy atom. The van der Waals surface area contributed by atoms with E-state index in [0.29, 0.717) is 12.8 Å². The van der Waals surface area contributed by atoms with Crippen molar-refractivity contribution in [2.24, 2.45) is 0 Å². The van der Waals surface area contributed by atoms with Gasteiger partial charge in [0.1, 0.15) is 5.60 Å². The summed E-state index contributed by atoms with van der Waals surface area (Å²) in [6.45, 7) is 5.67. The third-order valence-corrected chi connectivity index (χ3v) is 5.66. The molecule has 26 heavy (non-hydrogen) atoms. The van der Waals surface area contributed by atoms with Crippen molar-refractivity contribution in [2.75, 3.05) is 0 Å². The number of benzene rings is 2. The Kier molecular flexibility index (Phi) is 3.99. The predicted molar refractivity (Wildman–Crippen MR) is 102 cm³/mol. The highest BCUT2D eigenvalue weighted by Gasteiger charge is 2.51. The molecule has 0 radical (unpaired) electrons. The highest BCUT2D eigenvalue weighted by molar-refractivity contribution is 5.83. The van der Waals surface area contributed by atoms with Crippen LogP contribution in [-0.2, 0) is 10.3 Å². The van der Waals surface area contributed by atoms with Gasteiger partial charge in [0.25, 0.3) is 0 Å². The lowest BCUT2D eigenvalue weighted by Crippen LogP contribution is -2.53. The minimum absolute atomic E-state index is 0.0417. The molecule has 2 bridgehead atoms. The minimum Gasteiger partial charge on any atom is -0.444 e. The first-order valence-corrected chi connectivity index (χ1v) is 9.48. The van der Waals surface area contributed by atoms with Crippen molar-refractivity contribution in [2.45, 2.75) is 69.7 Å². The first-order valence-electron chi connectivity index (χ1n) is 9.48. The second-order valence-electron chi connectivity index (χ2n) is 8.77. The van der Waals surface area contributed by atoms with Crippen LogP contribution in [0, 0.1) is 0 Å². The van der Waals surface area contributed by atoms with Crippen LogP contribution in [0.3, 0.4) is 0 Å². The molecule has 0 aromatic heterocycles. The molecule has 2 aliphatic heterocycles. The number of ether oxygens (including phenoxy) is 1. The number of carbonyl (C=O) groups is 1. The number of amides is 1. The monoisotopic (exact) mass is 353 g/mol. The number of hydrogen-bond donors (Lipinski definition) is 1. The zero-order chi connectivity index (χ0) is 18.5. The number of carbonyl (C=O) groups excluding carboxylic acids is 1. The zero-order valence-corrected chi connectivity index (χ0v) is 15.7. The molecule has 138 valence electrons. The van der Waals surface area contributed by atoms with Crippen molar-refractivity contribution in [3.8, 4) is 0 Å². The highest BCUT2D eigenvalue weighted by Crippen LogP contribution is 2.46. The van der Waals surface area contributed by atoms with Crippen LogP contribution in [0.15, 0.2) is 42.5 Å². The van der Waals surface area contributed by atoms with Crippen LogP contribution >= 0.6 is 0 Å². The van der Waals surface area contributed by atoms with Crippen molar-refractivity contribution >= 4 is 16.9 Å². The molecule has 0 saturated carbocycles. The number of hydrogen-bond acceptors (Lipinski definition) is 3. The quantitative estimate of drug-likeness (QED) is 0.816. The summed E-state index contributed by atoms with van der Waals surface area (Å²) in [7, 11) is 0. The van der Waals surface area contributed by atoms with Gasteiger partial charge in [0, 0.05) is 24.9 Å². The smallest absolute Gasteiger partial charge is 0.410 e. The fourth-order valence-corrected chi connectivity index (χ4v) is 4.55. The lowest BCUT2D eigenvalue weighted by Gasteiger charge is -2.44. The van der Waals surface area contributed by atoms with E-state index in [9.17, 15) is 9.90 Å². The molecular formula is C22H27NO3. The first kappa shape index (κ1) is 17.3. The van der Waals surface area contributed by atoms with Crippen molar-refractivity contribution in [1.29, 1.82) is 0 Å². The van der Waals surface area contributed by atoms with E-state index < -0.39 is 11.2 Å². The van der Waals surface area contributed by atoms with Gasteiger partial charge in [-0.1, -0.05) is 36.4 Å². The van der Waals surface area contributed by atoms with E-state index in [1.54, 1.807) is 0 Å². The van der Waals surface area contributed by atoms with Crippen molar-refractivity contribution < 1.29 is 14.6 Å². The van der Waals surface area contributed by atoms with Gasteiger partial charge in [-0.15, -0.1) is 0 Å². The molecule has 4 rings (SSSR count). The van der Waals surface area contributed by atoms with Crippen LogP contribution in [0.25, 0.3) is 10.8 Å². The summed E-state index contributed by atoms with van der Waals surface area (Å²) in [6.07, 6.45) is 2.76. The molecule has 0 spiro atoms. The number of fused-ring (bicyclic) bond motifs is 3. The lowest BCUT2D eigenvalue weighted by atomic mass is 9.80. The molecule has 4 heteroatoms. The summed E-state index contributed by atoms with van der Waals surface area (Å²) in [4.78, 5) is 14.5. The molecular weight excluding hydrogens is 326 g/mol. The SMILES string of the molecule is CC(C)(C)OC(=O)N1[C@@H]2CC[C@H]1CC(O)(c1ccc3ccccc3c1)C2. The summed E-state index contributed by atoms with van der Waals surface area (Å²) in [5, 5.41) is 13.8. The summed E-state index contributed by atoms with van der Waals surface area (Å²) >= 11 is 0. The van der Waals surface area contributed by atoms with Gasteiger partial charge in [0.15, 0.2) is 0 Å². The average molecular weight is 353 g/mol. The maximum Gasteiger partial charge on any atom is 0.410 e. The second-order valence-corrected chi connectivity index (χ2v) is 8.77. The Morgan fingerprint density at radius 2 is 1.69 bits per heavy atom. The van der Waals surface area contributed by atoms with Crippen LogP contribution in [0.5, 0.6) is 0 Å². The molecule has 1 N–H and O–H groups in total. The van der Waals surface area contributed by atoms with E-state index in [1.165, 1.54) is 5.39 Å². The number of aliphatic hydroxyl groups is 1. The zero-order valence-electron chi connectivity index (χ0n) is 15.7. The fourth-order valence-electron chi connectivity index (χ4n) is 4.55. The molecule has 2 heterocycles. The van der Waals surface area contributed by atoms with E-state index >= 15 is 0 Å². The minimum atomic E-state index is -0.881. The van der Waals surface area contributed by atoms with E-state index in [2.05, 4.69) is 24.3 Å². The first-order chi connectivity index (χ1) is 12.3. The van der Waals surface area contributed by atoms with E-state index in [1.807, 2.05) is 43.9 Å². The Labute approximate surface area is 154 Å². The molecule has 2 aliphatic rings. The standard InChI is InChI=1S/C22H27NO3/c1-21(2,3)26-20(24)23-18-10-11-19(23)14-22(25,13-18)17-9-8-15-6-4-5-7-16(15)12-17/h4-9,12,18-19,25H,10-11,13-14H2,1-3H3/t18-,19+,22?. The molecule has 0 aliphatic carbocycles. The topological polar surface area (TPSA) is 49.8 Å². The largest absolute Gasteiger partial charge is 0.444 e. The molecule has 2 fully saturated rings. The normalized spacial score (nSPS) is 28.4. The van der Waals surface area contributed by atoms with Crippen LogP contribution < -0.4 is 0 Å². The molecule has 2 aromatic carbocycles. The van der Waals surface area contributed by atoms with Gasteiger partial charge in [-0.2, -0.15) is 0 Å². The van der Waals surface area contributed by atoms with Gasteiger partial charge in [0.05, 0.1) is 5.60 Å².